The van der Waals surface area contributed by atoms with E-state index in [0.29, 0.717) is 0 Å². The number of rotatable bonds is 0. The zero-order valence-electron chi connectivity index (χ0n) is 6.14. The Hall–Kier alpha value is -0.0700. The van der Waals surface area contributed by atoms with Gasteiger partial charge in [0.15, 0.2) is 0 Å². The van der Waals surface area contributed by atoms with Gasteiger partial charge in [0.1, 0.15) is 0 Å². The van der Waals surface area contributed by atoms with E-state index in [2.05, 4.69) is 15.9 Å². The first-order valence-corrected chi connectivity index (χ1v) is 3.42. The maximum absolute atomic E-state index is 4.85. The highest BCUT2D eigenvalue weighted by Crippen LogP contribution is 2.11. The summed E-state index contributed by atoms with van der Waals surface area (Å²) >= 11 is 8.15. The van der Waals surface area contributed by atoms with Gasteiger partial charge in [-0.1, -0.05) is 28.6 Å². The molecule has 1 radical (unpaired) electrons. The molecule has 0 aromatic heterocycles. The van der Waals surface area contributed by atoms with Crippen LogP contribution in [0.5, 0.6) is 0 Å². The van der Waals surface area contributed by atoms with Gasteiger partial charge < -0.3 is 0 Å². The molecule has 0 saturated heterocycles. The second-order valence-electron chi connectivity index (χ2n) is 1.45. The second-order valence-corrected chi connectivity index (χ2v) is 2.84. The molecule has 1 aromatic carbocycles. The molecule has 7 heteroatoms. The largest absolute Gasteiger partial charge is 0.269 e. The fourth-order valence-electron chi connectivity index (χ4n) is 0.435. The molecule has 0 heterocycles. The van der Waals surface area contributed by atoms with Gasteiger partial charge >= 0.3 is 0 Å². The van der Waals surface area contributed by atoms with Crippen LogP contribution in [0.3, 0.4) is 0 Å². The highest BCUT2D eigenvalue weighted by molar-refractivity contribution is 9.10. The average Bonchev–Trinajstić information content (AvgIpc) is 1.77. The number of hydrogen-bond acceptors (Lipinski definition) is 0. The van der Waals surface area contributed by atoms with E-state index in [9.17, 15) is 0 Å². The molecule has 0 unspecified atom stereocenters. The molecular weight excluding hydrogens is 295 g/mol. The van der Waals surface area contributed by atoms with Crippen molar-refractivity contribution in [3.63, 3.8) is 0 Å². The van der Waals surface area contributed by atoms with Crippen molar-refractivity contribution >= 4 is 41.0 Å². The van der Waals surface area contributed by atoms with Crippen LogP contribution in [-0.4, -0.2) is 0 Å². The van der Waals surface area contributed by atoms with E-state index < -0.39 is 0 Å². The minimum absolute atomic E-state index is 0. The van der Waals surface area contributed by atoms with E-state index in [1.807, 2.05) is 24.3 Å². The van der Waals surface area contributed by atoms with Crippen molar-refractivity contribution in [3.05, 3.63) is 28.7 Å². The molecule has 0 atom stereocenters. The molecule has 0 spiro atoms. The van der Waals surface area contributed by atoms with Gasteiger partial charge in [-0.3, -0.25) is 18.8 Å². The molecule has 1 aromatic rings. The summed E-state index contributed by atoms with van der Waals surface area (Å²) < 4.78 is 1.08. The summed E-state index contributed by atoms with van der Waals surface area (Å²) in [7, 11) is 0. The average molecular weight is 305 g/mol. The third-order valence-electron chi connectivity index (χ3n) is 0.814. The van der Waals surface area contributed by atoms with Gasteiger partial charge in [0.25, 0.3) is 0 Å². The Morgan fingerprint density at radius 1 is 0.846 bits per heavy atom. The predicted octanol–water partition coefficient (Wildman–Crippen LogP) is 4.04. The van der Waals surface area contributed by atoms with Crippen molar-refractivity contribution in [2.45, 2.75) is 4.90 Å². The zero-order valence-corrected chi connectivity index (χ0v) is 9.36. The Morgan fingerprint density at radius 2 is 1.15 bits per heavy atom. The molecule has 13 heavy (non-hydrogen) atoms. The van der Waals surface area contributed by atoms with E-state index >= 15 is 0 Å². The fraction of sp³-hybridized carbons (Fsp3) is 0. The lowest BCUT2D eigenvalue weighted by Crippen LogP contribution is -1.62. The first-order chi connectivity index (χ1) is 3.79. The normalized spacial score (nSPS) is 5.62. The van der Waals surface area contributed by atoms with Crippen LogP contribution in [0.2, 0.25) is 0 Å². The first kappa shape index (κ1) is 29.3. The molecule has 81 valence electrons. The Labute approximate surface area is 93.5 Å². The van der Waals surface area contributed by atoms with Crippen LogP contribution < -0.4 is 0 Å². The van der Waals surface area contributed by atoms with Gasteiger partial charge in [-0.25, -0.2) is 0 Å². The Bertz CT molecular complexity index is 163. The molecule has 0 fully saturated rings. The Morgan fingerprint density at radius 3 is 1.38 bits per heavy atom. The van der Waals surface area contributed by atoms with Crippen molar-refractivity contribution in [2.24, 2.45) is 0 Å². The van der Waals surface area contributed by atoms with Crippen molar-refractivity contribution < 1.29 is 18.8 Å². The highest BCUT2D eigenvalue weighted by atomic mass is 79.9. The third kappa shape index (κ3) is 11.9. The number of benzene rings is 1. The Balaban J connectivity index is -0.0000000427. The summed E-state index contributed by atoms with van der Waals surface area (Å²) in [6.07, 6.45) is 0. The maximum atomic E-state index is 4.85. The zero-order chi connectivity index (χ0) is 5.98. The van der Waals surface area contributed by atoms with E-state index in [0.717, 1.165) is 9.37 Å². The summed E-state index contributed by atoms with van der Waals surface area (Å²) in [6, 6.07) is 7.64. The van der Waals surface area contributed by atoms with Gasteiger partial charge in [-0.2, -0.15) is 0 Å². The van der Waals surface area contributed by atoms with Crippen LogP contribution in [0.15, 0.2) is 33.6 Å². The topological polar surface area (TPSA) is 0 Å². The van der Waals surface area contributed by atoms with Crippen LogP contribution in [-0.2, 0) is 0 Å². The number of hydrogen-bond donors (Lipinski definition) is 0. The van der Waals surface area contributed by atoms with Crippen molar-refractivity contribution in [1.82, 2.24) is 0 Å². The van der Waals surface area contributed by atoms with Gasteiger partial charge in [-0.15, -0.1) is 12.4 Å². The van der Waals surface area contributed by atoms with Crippen LogP contribution in [0, 0.1) is 0 Å². The minimum Gasteiger partial charge on any atom is -0.269 e. The lowest BCUT2D eigenvalue weighted by Gasteiger charge is -1.86. The summed E-state index contributed by atoms with van der Waals surface area (Å²) in [6.45, 7) is 0. The second kappa shape index (κ2) is 14.5. The summed E-state index contributed by atoms with van der Waals surface area (Å²) in [5.41, 5.74) is 0. The third-order valence-corrected chi connectivity index (χ3v) is 1.61. The summed E-state index contributed by atoms with van der Waals surface area (Å²) in [4.78, 5) is 0.883. The molecule has 0 bridgehead atoms. The van der Waals surface area contributed by atoms with E-state index in [1.54, 1.807) is 0 Å². The van der Waals surface area contributed by atoms with Gasteiger partial charge in [0.05, 0.1) is 0 Å². The number of halogens is 6. The van der Waals surface area contributed by atoms with Crippen molar-refractivity contribution in [1.29, 1.82) is 0 Å². The van der Waals surface area contributed by atoms with Gasteiger partial charge in [0, 0.05) is 9.37 Å². The summed E-state index contributed by atoms with van der Waals surface area (Å²) in [5, 5.41) is 0. The standard InChI is InChI=1S/C6H4BrS.ClH.4FH/c7-5-1-3-6(8)4-2-5;;;;;/h1-4H;5*1H. The molecular formula is C6H9BrClF4S. The molecule has 0 nitrogen and oxygen atoms in total. The van der Waals surface area contributed by atoms with Crippen LogP contribution >= 0.6 is 41.0 Å². The van der Waals surface area contributed by atoms with E-state index in [1.165, 1.54) is 0 Å². The van der Waals surface area contributed by atoms with Crippen LogP contribution in [0.4, 0.5) is 18.8 Å². The van der Waals surface area contributed by atoms with E-state index in [4.69, 9.17) is 12.6 Å². The lowest BCUT2D eigenvalue weighted by atomic mass is 10.4. The highest BCUT2D eigenvalue weighted by Gasteiger charge is 1.83. The SMILES string of the molecule is Cl.F.F.F.F.[S]c1ccc(Br)cc1. The fourth-order valence-corrected chi connectivity index (χ4v) is 0.835. The van der Waals surface area contributed by atoms with Crippen LogP contribution in [0.25, 0.3) is 0 Å². The van der Waals surface area contributed by atoms with Gasteiger partial charge in [0.2, 0.25) is 0 Å². The lowest BCUT2D eigenvalue weighted by molar-refractivity contribution is 1.11. The molecule has 0 amide bonds. The van der Waals surface area contributed by atoms with Gasteiger partial charge in [-0.05, 0) is 24.3 Å². The first-order valence-electron chi connectivity index (χ1n) is 2.21. The smallest absolute Gasteiger partial charge is 0.0377 e. The van der Waals surface area contributed by atoms with Crippen LogP contribution in [0.1, 0.15) is 0 Å². The Kier molecular flexibility index (Phi) is 32.5. The quantitative estimate of drug-likeness (QED) is 0.635. The molecule has 0 N–H and O–H groups in total. The predicted molar refractivity (Wildman–Crippen MR) is 57.3 cm³/mol. The van der Waals surface area contributed by atoms with E-state index in [-0.39, 0.29) is 31.2 Å². The minimum atomic E-state index is 0. The van der Waals surface area contributed by atoms with Crippen molar-refractivity contribution in [3.8, 4) is 0 Å². The molecule has 0 saturated carbocycles. The molecule has 0 aliphatic carbocycles. The maximum Gasteiger partial charge on any atom is 0.0377 e. The molecule has 0 aliphatic rings. The monoisotopic (exact) mass is 303 g/mol. The summed E-state index contributed by atoms with van der Waals surface area (Å²) in [5.74, 6) is 0. The van der Waals surface area contributed by atoms with Crippen molar-refractivity contribution in [2.75, 3.05) is 0 Å². The molecule has 0 aliphatic heterocycles. The molecule has 1 rings (SSSR count).